The van der Waals surface area contributed by atoms with Gasteiger partial charge in [-0.05, 0) is 67.6 Å². The van der Waals surface area contributed by atoms with Crippen molar-refractivity contribution in [1.29, 1.82) is 0 Å². The lowest BCUT2D eigenvalue weighted by Crippen LogP contribution is -2.15. The number of para-hydroxylation sites is 1. The van der Waals surface area contributed by atoms with Crippen molar-refractivity contribution in [2.24, 2.45) is 0 Å². The summed E-state index contributed by atoms with van der Waals surface area (Å²) in [4.78, 5) is 29.9. The van der Waals surface area contributed by atoms with Crippen molar-refractivity contribution in [2.75, 3.05) is 13.2 Å². The summed E-state index contributed by atoms with van der Waals surface area (Å²) < 4.78 is 23.8. The van der Waals surface area contributed by atoms with Gasteiger partial charge in [0.1, 0.15) is 11.6 Å². The van der Waals surface area contributed by atoms with Crippen molar-refractivity contribution in [1.82, 2.24) is 4.98 Å². The Hall–Kier alpha value is -4.06. The number of Topliss-reactive ketones (excluding diaryl/α,β-unsaturated/α-hetero) is 1. The SMILES string of the molecule is CCOc1ccc(-c2cc(C(=O)OCC(=O)c3ccc(F)cc3)c3ccccc3n2)cc1. The quantitative estimate of drug-likeness (QED) is 0.288. The first kappa shape index (κ1) is 21.2. The summed E-state index contributed by atoms with van der Waals surface area (Å²) >= 11 is 0. The molecule has 0 saturated heterocycles. The minimum absolute atomic E-state index is 0.272. The molecular weight excluding hydrogens is 409 g/mol. The molecule has 5 nitrogen and oxygen atoms in total. The Bertz CT molecular complexity index is 1270. The summed E-state index contributed by atoms with van der Waals surface area (Å²) in [7, 11) is 0. The van der Waals surface area contributed by atoms with Crippen LogP contribution in [0.2, 0.25) is 0 Å². The number of aromatic nitrogens is 1. The molecule has 0 amide bonds. The van der Waals surface area contributed by atoms with Gasteiger partial charge in [-0.3, -0.25) is 4.79 Å². The van der Waals surface area contributed by atoms with E-state index in [1.165, 1.54) is 24.3 Å². The number of hydrogen-bond acceptors (Lipinski definition) is 5. The predicted molar refractivity (Wildman–Crippen MR) is 119 cm³/mol. The van der Waals surface area contributed by atoms with E-state index in [1.54, 1.807) is 18.2 Å². The molecule has 4 aromatic rings. The predicted octanol–water partition coefficient (Wildman–Crippen LogP) is 5.48. The lowest BCUT2D eigenvalue weighted by Gasteiger charge is -2.11. The first-order valence-electron chi connectivity index (χ1n) is 10.1. The number of hydrogen-bond donors (Lipinski definition) is 0. The van der Waals surface area contributed by atoms with Crippen LogP contribution < -0.4 is 4.74 Å². The van der Waals surface area contributed by atoms with Crippen molar-refractivity contribution in [3.8, 4) is 17.0 Å². The fourth-order valence-electron chi connectivity index (χ4n) is 3.31. The lowest BCUT2D eigenvalue weighted by molar-refractivity contribution is 0.0476. The summed E-state index contributed by atoms with van der Waals surface area (Å²) in [6.45, 7) is 2.04. The van der Waals surface area contributed by atoms with E-state index in [-0.39, 0.29) is 5.56 Å². The molecule has 6 heteroatoms. The molecule has 1 heterocycles. The Morgan fingerprint density at radius 1 is 0.938 bits per heavy atom. The van der Waals surface area contributed by atoms with Gasteiger partial charge in [0.25, 0.3) is 0 Å². The van der Waals surface area contributed by atoms with Crippen LogP contribution in [0.3, 0.4) is 0 Å². The Morgan fingerprint density at radius 2 is 1.66 bits per heavy atom. The second-order valence-electron chi connectivity index (χ2n) is 7.04. The van der Waals surface area contributed by atoms with E-state index in [4.69, 9.17) is 9.47 Å². The van der Waals surface area contributed by atoms with E-state index in [0.717, 1.165) is 11.3 Å². The molecule has 3 aromatic carbocycles. The molecule has 4 rings (SSSR count). The van der Waals surface area contributed by atoms with Crippen LogP contribution in [-0.4, -0.2) is 30.0 Å². The minimum Gasteiger partial charge on any atom is -0.494 e. The van der Waals surface area contributed by atoms with Crippen LogP contribution in [0.25, 0.3) is 22.2 Å². The number of carbonyl (C=O) groups excluding carboxylic acids is 2. The second kappa shape index (κ2) is 9.39. The zero-order valence-corrected chi connectivity index (χ0v) is 17.4. The van der Waals surface area contributed by atoms with Gasteiger partial charge in [0.05, 0.1) is 23.4 Å². The van der Waals surface area contributed by atoms with E-state index >= 15 is 0 Å². The minimum atomic E-state index is -0.633. The van der Waals surface area contributed by atoms with Crippen molar-refractivity contribution < 1.29 is 23.5 Å². The number of fused-ring (bicyclic) bond motifs is 1. The number of rotatable bonds is 7. The summed E-state index contributed by atoms with van der Waals surface area (Å²) in [5.74, 6) is -0.741. The molecular formula is C26H20FNO4. The van der Waals surface area contributed by atoms with E-state index in [2.05, 4.69) is 4.98 Å². The first-order chi connectivity index (χ1) is 15.5. The van der Waals surface area contributed by atoms with Crippen LogP contribution in [-0.2, 0) is 4.74 Å². The Kier molecular flexibility index (Phi) is 6.22. The normalized spacial score (nSPS) is 10.7. The number of ether oxygens (including phenoxy) is 2. The van der Waals surface area contributed by atoms with Gasteiger partial charge in [0, 0.05) is 16.5 Å². The van der Waals surface area contributed by atoms with E-state index in [0.29, 0.717) is 28.8 Å². The average Bonchev–Trinajstić information content (AvgIpc) is 2.82. The van der Waals surface area contributed by atoms with Crippen molar-refractivity contribution in [2.45, 2.75) is 6.92 Å². The van der Waals surface area contributed by atoms with Gasteiger partial charge < -0.3 is 9.47 Å². The highest BCUT2D eigenvalue weighted by molar-refractivity contribution is 6.06. The largest absolute Gasteiger partial charge is 0.494 e. The van der Waals surface area contributed by atoms with Crippen LogP contribution in [0.15, 0.2) is 78.9 Å². The molecule has 0 aliphatic carbocycles. The Morgan fingerprint density at radius 3 is 2.38 bits per heavy atom. The third-order valence-electron chi connectivity index (χ3n) is 4.90. The Balaban J connectivity index is 1.61. The van der Waals surface area contributed by atoms with Crippen molar-refractivity contribution >= 4 is 22.7 Å². The van der Waals surface area contributed by atoms with E-state index in [9.17, 15) is 14.0 Å². The summed E-state index contributed by atoms with van der Waals surface area (Å²) in [5, 5.41) is 0.626. The summed E-state index contributed by atoms with van der Waals surface area (Å²) in [6, 6.07) is 21.4. The van der Waals surface area contributed by atoms with Crippen LogP contribution in [0, 0.1) is 5.82 Å². The molecule has 0 unspecified atom stereocenters. The highest BCUT2D eigenvalue weighted by atomic mass is 19.1. The van der Waals surface area contributed by atoms with E-state index in [1.807, 2.05) is 43.3 Å². The summed E-state index contributed by atoms with van der Waals surface area (Å²) in [5.41, 5.74) is 2.63. The highest BCUT2D eigenvalue weighted by Gasteiger charge is 2.17. The molecule has 1 aromatic heterocycles. The van der Waals surface area contributed by atoms with Crippen molar-refractivity contribution in [3.05, 3.63) is 95.8 Å². The number of esters is 1. The highest BCUT2D eigenvalue weighted by Crippen LogP contribution is 2.27. The fourth-order valence-corrected chi connectivity index (χ4v) is 3.31. The topological polar surface area (TPSA) is 65.5 Å². The maximum atomic E-state index is 13.1. The fraction of sp³-hybridized carbons (Fsp3) is 0.115. The van der Waals surface area contributed by atoms with Gasteiger partial charge >= 0.3 is 5.97 Å². The molecule has 0 aliphatic heterocycles. The second-order valence-corrected chi connectivity index (χ2v) is 7.04. The van der Waals surface area contributed by atoms with Crippen molar-refractivity contribution in [3.63, 3.8) is 0 Å². The van der Waals surface area contributed by atoms with Crippen LogP contribution in [0.1, 0.15) is 27.6 Å². The van der Waals surface area contributed by atoms with Gasteiger partial charge in [-0.1, -0.05) is 18.2 Å². The number of ketones is 1. The zero-order chi connectivity index (χ0) is 22.5. The molecule has 32 heavy (non-hydrogen) atoms. The molecule has 0 radical (unpaired) electrons. The van der Waals surface area contributed by atoms with Gasteiger partial charge in [-0.2, -0.15) is 0 Å². The molecule has 160 valence electrons. The first-order valence-corrected chi connectivity index (χ1v) is 10.1. The smallest absolute Gasteiger partial charge is 0.339 e. The molecule has 0 fully saturated rings. The van der Waals surface area contributed by atoms with Gasteiger partial charge in [-0.15, -0.1) is 0 Å². The molecule has 0 spiro atoms. The number of pyridine rings is 1. The Labute approximate surface area is 184 Å². The third-order valence-corrected chi connectivity index (χ3v) is 4.90. The maximum absolute atomic E-state index is 13.1. The average molecular weight is 429 g/mol. The monoisotopic (exact) mass is 429 g/mol. The molecule has 0 N–H and O–H groups in total. The summed E-state index contributed by atoms with van der Waals surface area (Å²) in [6.07, 6.45) is 0. The van der Waals surface area contributed by atoms with Gasteiger partial charge in [-0.25, -0.2) is 14.2 Å². The molecule has 0 aliphatic rings. The standard InChI is InChI=1S/C26H20FNO4/c1-2-31-20-13-9-17(10-14-20)24-15-22(21-5-3-4-6-23(21)28-24)26(30)32-16-25(29)18-7-11-19(27)12-8-18/h3-15H,2,16H2,1H3. The number of nitrogens with zero attached hydrogens (tertiary/aromatic N) is 1. The lowest BCUT2D eigenvalue weighted by atomic mass is 10.0. The molecule has 0 atom stereocenters. The molecule has 0 saturated carbocycles. The number of carbonyl (C=O) groups is 2. The van der Waals surface area contributed by atoms with E-state index < -0.39 is 24.2 Å². The van der Waals surface area contributed by atoms with Gasteiger partial charge in [0.2, 0.25) is 0 Å². The van der Waals surface area contributed by atoms with Crippen LogP contribution >= 0.6 is 0 Å². The van der Waals surface area contributed by atoms with Crippen LogP contribution in [0.5, 0.6) is 5.75 Å². The zero-order valence-electron chi connectivity index (χ0n) is 17.4. The maximum Gasteiger partial charge on any atom is 0.339 e. The molecule has 0 bridgehead atoms. The number of benzene rings is 3. The third kappa shape index (κ3) is 4.64. The van der Waals surface area contributed by atoms with Gasteiger partial charge in [0.15, 0.2) is 12.4 Å². The van der Waals surface area contributed by atoms with Crippen LogP contribution in [0.4, 0.5) is 4.39 Å². The number of halogens is 1.